The van der Waals surface area contributed by atoms with E-state index in [0.717, 1.165) is 17.5 Å². The van der Waals surface area contributed by atoms with Crippen molar-refractivity contribution < 1.29 is 9.63 Å². The van der Waals surface area contributed by atoms with Crippen molar-refractivity contribution in [2.75, 3.05) is 13.7 Å². The van der Waals surface area contributed by atoms with Crippen molar-refractivity contribution in [1.82, 2.24) is 10.8 Å². The number of fused-ring (bicyclic) bond motifs is 1. The molecule has 0 fully saturated rings. The van der Waals surface area contributed by atoms with Gasteiger partial charge in [0.2, 0.25) is 5.91 Å². The molecular weight excluding hydrogens is 204 g/mol. The van der Waals surface area contributed by atoms with Gasteiger partial charge in [0, 0.05) is 7.05 Å². The molecule has 0 aromatic heterocycles. The second-order valence-corrected chi connectivity index (χ2v) is 4.06. The number of likely N-dealkylation sites (N-methyl/N-ethyl adjacent to an activating group) is 1. The van der Waals surface area contributed by atoms with E-state index in [-0.39, 0.29) is 5.91 Å². The van der Waals surface area contributed by atoms with E-state index in [9.17, 15) is 4.79 Å². The Morgan fingerprint density at radius 3 is 3.00 bits per heavy atom. The standard InChI is InChI=1S/C12H16N2O2/c1-12(11(15)13-2)10-6-4-3-5-9(10)7-8-16-14-12/h3-6,14H,7-8H2,1-2H3,(H,13,15). The molecule has 4 nitrogen and oxygen atoms in total. The van der Waals surface area contributed by atoms with Gasteiger partial charge in [0.05, 0.1) is 6.61 Å². The minimum atomic E-state index is -0.818. The molecule has 1 heterocycles. The molecule has 1 amide bonds. The van der Waals surface area contributed by atoms with Crippen molar-refractivity contribution in [1.29, 1.82) is 0 Å². The topological polar surface area (TPSA) is 50.4 Å². The van der Waals surface area contributed by atoms with Gasteiger partial charge < -0.3 is 10.2 Å². The van der Waals surface area contributed by atoms with Crippen LogP contribution in [0.25, 0.3) is 0 Å². The average Bonchev–Trinajstić information content (AvgIpc) is 2.49. The fourth-order valence-corrected chi connectivity index (χ4v) is 2.06. The van der Waals surface area contributed by atoms with Crippen LogP contribution in [-0.4, -0.2) is 19.6 Å². The van der Waals surface area contributed by atoms with Crippen LogP contribution < -0.4 is 10.8 Å². The van der Waals surface area contributed by atoms with Crippen molar-refractivity contribution in [3.8, 4) is 0 Å². The van der Waals surface area contributed by atoms with Gasteiger partial charge in [-0.2, -0.15) is 5.48 Å². The highest BCUT2D eigenvalue weighted by atomic mass is 16.6. The third-order valence-electron chi connectivity index (χ3n) is 2.99. The van der Waals surface area contributed by atoms with Crippen LogP contribution in [0.1, 0.15) is 18.1 Å². The fourth-order valence-electron chi connectivity index (χ4n) is 2.06. The molecule has 4 heteroatoms. The zero-order valence-electron chi connectivity index (χ0n) is 9.54. The molecule has 0 bridgehead atoms. The molecule has 1 aromatic rings. The molecule has 0 aliphatic carbocycles. The maximum atomic E-state index is 12.0. The lowest BCUT2D eigenvalue weighted by Gasteiger charge is -2.28. The van der Waals surface area contributed by atoms with Gasteiger partial charge in [0.1, 0.15) is 5.54 Å². The van der Waals surface area contributed by atoms with Crippen LogP contribution in [0.2, 0.25) is 0 Å². The first-order chi connectivity index (χ1) is 7.68. The Kier molecular flexibility index (Phi) is 2.94. The van der Waals surface area contributed by atoms with Crippen LogP contribution in [0.3, 0.4) is 0 Å². The van der Waals surface area contributed by atoms with Crippen LogP contribution >= 0.6 is 0 Å². The average molecular weight is 220 g/mol. The largest absolute Gasteiger partial charge is 0.357 e. The molecule has 1 atom stereocenters. The second kappa shape index (κ2) is 4.23. The number of rotatable bonds is 1. The zero-order chi connectivity index (χ0) is 11.6. The Morgan fingerprint density at radius 1 is 1.50 bits per heavy atom. The van der Waals surface area contributed by atoms with Crippen LogP contribution in [0.5, 0.6) is 0 Å². The third-order valence-corrected chi connectivity index (χ3v) is 2.99. The van der Waals surface area contributed by atoms with Gasteiger partial charge in [-0.3, -0.25) is 4.79 Å². The maximum Gasteiger partial charge on any atom is 0.246 e. The third kappa shape index (κ3) is 1.70. The van der Waals surface area contributed by atoms with E-state index in [1.807, 2.05) is 31.2 Å². The Morgan fingerprint density at radius 2 is 2.25 bits per heavy atom. The summed E-state index contributed by atoms with van der Waals surface area (Å²) in [6.45, 7) is 2.40. The molecular formula is C12H16N2O2. The van der Waals surface area contributed by atoms with Crippen LogP contribution in [0, 0.1) is 0 Å². The Labute approximate surface area is 94.9 Å². The summed E-state index contributed by atoms with van der Waals surface area (Å²) < 4.78 is 0. The minimum absolute atomic E-state index is 0.0955. The molecule has 86 valence electrons. The molecule has 1 unspecified atom stereocenters. The molecule has 0 spiro atoms. The molecule has 1 aliphatic rings. The van der Waals surface area contributed by atoms with E-state index < -0.39 is 5.54 Å². The Bertz CT molecular complexity index is 406. The van der Waals surface area contributed by atoms with E-state index in [0.29, 0.717) is 6.61 Å². The van der Waals surface area contributed by atoms with E-state index in [4.69, 9.17) is 4.84 Å². The van der Waals surface area contributed by atoms with Gasteiger partial charge in [-0.1, -0.05) is 24.3 Å². The van der Waals surface area contributed by atoms with E-state index in [2.05, 4.69) is 10.8 Å². The summed E-state index contributed by atoms with van der Waals surface area (Å²) >= 11 is 0. The molecule has 0 saturated heterocycles. The van der Waals surface area contributed by atoms with Gasteiger partial charge in [0.15, 0.2) is 0 Å². The Hall–Kier alpha value is -1.39. The molecule has 1 aromatic carbocycles. The number of nitrogens with one attached hydrogen (secondary N) is 2. The van der Waals surface area contributed by atoms with Gasteiger partial charge in [-0.25, -0.2) is 0 Å². The molecule has 1 aliphatic heterocycles. The van der Waals surface area contributed by atoms with Crippen LogP contribution in [-0.2, 0) is 21.6 Å². The number of benzene rings is 1. The summed E-state index contributed by atoms with van der Waals surface area (Å²) in [4.78, 5) is 17.3. The number of hydrogen-bond donors (Lipinski definition) is 2. The lowest BCUT2D eigenvalue weighted by molar-refractivity contribution is -0.133. The smallest absolute Gasteiger partial charge is 0.246 e. The molecule has 2 rings (SSSR count). The quantitative estimate of drug-likeness (QED) is 0.733. The first kappa shape index (κ1) is 11.1. The van der Waals surface area contributed by atoms with Gasteiger partial charge >= 0.3 is 0 Å². The number of hydroxylamine groups is 1. The van der Waals surface area contributed by atoms with Crippen LogP contribution in [0.15, 0.2) is 24.3 Å². The molecule has 2 N–H and O–H groups in total. The number of hydrogen-bond acceptors (Lipinski definition) is 3. The summed E-state index contributed by atoms with van der Waals surface area (Å²) in [6.07, 6.45) is 0.815. The van der Waals surface area contributed by atoms with E-state index in [1.165, 1.54) is 0 Å². The lowest BCUT2D eigenvalue weighted by atomic mass is 9.87. The summed E-state index contributed by atoms with van der Waals surface area (Å²) in [6, 6.07) is 7.92. The summed E-state index contributed by atoms with van der Waals surface area (Å²) in [5.41, 5.74) is 4.17. The van der Waals surface area contributed by atoms with Crippen LogP contribution in [0.4, 0.5) is 0 Å². The zero-order valence-corrected chi connectivity index (χ0v) is 9.54. The first-order valence-electron chi connectivity index (χ1n) is 5.38. The highest BCUT2D eigenvalue weighted by molar-refractivity contribution is 5.87. The predicted molar refractivity (Wildman–Crippen MR) is 60.7 cm³/mol. The second-order valence-electron chi connectivity index (χ2n) is 4.06. The van der Waals surface area contributed by atoms with E-state index >= 15 is 0 Å². The number of carbonyl (C=O) groups excluding carboxylic acids is 1. The van der Waals surface area contributed by atoms with Crippen molar-refractivity contribution >= 4 is 5.91 Å². The molecule has 0 radical (unpaired) electrons. The fraction of sp³-hybridized carbons (Fsp3) is 0.417. The van der Waals surface area contributed by atoms with Gasteiger partial charge in [-0.05, 0) is 24.5 Å². The summed E-state index contributed by atoms with van der Waals surface area (Å²) in [7, 11) is 1.63. The Balaban J connectivity index is 2.50. The number of carbonyl (C=O) groups is 1. The lowest BCUT2D eigenvalue weighted by Crippen LogP contribution is -2.51. The number of amides is 1. The van der Waals surface area contributed by atoms with Crippen molar-refractivity contribution in [2.24, 2.45) is 0 Å². The van der Waals surface area contributed by atoms with Gasteiger partial charge in [0.25, 0.3) is 0 Å². The molecule has 16 heavy (non-hydrogen) atoms. The first-order valence-corrected chi connectivity index (χ1v) is 5.38. The highest BCUT2D eigenvalue weighted by Gasteiger charge is 2.37. The van der Waals surface area contributed by atoms with Crippen molar-refractivity contribution in [3.05, 3.63) is 35.4 Å². The minimum Gasteiger partial charge on any atom is -0.357 e. The summed E-state index contributed by atoms with van der Waals surface area (Å²) in [5.74, 6) is -0.0955. The van der Waals surface area contributed by atoms with Crippen molar-refractivity contribution in [2.45, 2.75) is 18.9 Å². The predicted octanol–water partition coefficient (Wildman–Crippen LogP) is 0.725. The van der Waals surface area contributed by atoms with E-state index in [1.54, 1.807) is 7.05 Å². The highest BCUT2D eigenvalue weighted by Crippen LogP contribution is 2.27. The SMILES string of the molecule is CNC(=O)C1(C)NOCCc2ccccc21. The van der Waals surface area contributed by atoms with Crippen molar-refractivity contribution in [3.63, 3.8) is 0 Å². The summed E-state index contributed by atoms with van der Waals surface area (Å²) in [5, 5.41) is 2.66. The normalized spacial score (nSPS) is 24.4. The monoisotopic (exact) mass is 220 g/mol. The molecule has 0 saturated carbocycles. The maximum absolute atomic E-state index is 12.0. The van der Waals surface area contributed by atoms with Gasteiger partial charge in [-0.15, -0.1) is 0 Å².